The summed E-state index contributed by atoms with van der Waals surface area (Å²) in [5.41, 5.74) is 0.284. The second kappa shape index (κ2) is 6.22. The van der Waals surface area contributed by atoms with Crippen LogP contribution in [0.1, 0.15) is 23.6 Å². The van der Waals surface area contributed by atoms with Crippen molar-refractivity contribution in [1.29, 1.82) is 0 Å². The summed E-state index contributed by atoms with van der Waals surface area (Å²) in [5.74, 6) is -1.38. The molecule has 142 valence electrons. The van der Waals surface area contributed by atoms with Crippen LogP contribution in [0.5, 0.6) is 0 Å². The molecule has 2 heterocycles. The SMILES string of the molecule is CC(=O)O/N=C1/C(=C2/C(=O)Nc3c2cccc3C(F)(F)F)Nc2ccccc21. The molecule has 0 saturated carbocycles. The summed E-state index contributed by atoms with van der Waals surface area (Å²) in [6.45, 7) is 1.17. The second-order valence-electron chi connectivity index (χ2n) is 6.12. The number of benzene rings is 2. The van der Waals surface area contributed by atoms with E-state index in [0.29, 0.717) is 11.3 Å². The fraction of sp³-hybridized carbons (Fsp3) is 0.105. The quantitative estimate of drug-likeness (QED) is 0.444. The Morgan fingerprint density at radius 1 is 1.04 bits per heavy atom. The second-order valence-corrected chi connectivity index (χ2v) is 6.12. The number of hydrogen-bond acceptors (Lipinski definition) is 5. The van der Waals surface area contributed by atoms with E-state index in [1.54, 1.807) is 24.3 Å². The first kappa shape index (κ1) is 17.8. The molecule has 6 nitrogen and oxygen atoms in total. The lowest BCUT2D eigenvalue weighted by atomic mass is 9.99. The number of nitrogens with zero attached hydrogens (tertiary/aromatic N) is 1. The highest BCUT2D eigenvalue weighted by Crippen LogP contribution is 2.44. The molecule has 0 saturated heterocycles. The van der Waals surface area contributed by atoms with Gasteiger partial charge in [-0.25, -0.2) is 4.79 Å². The maximum absolute atomic E-state index is 13.3. The molecule has 2 N–H and O–H groups in total. The number of carbonyl (C=O) groups excluding carboxylic acids is 2. The van der Waals surface area contributed by atoms with Gasteiger partial charge in [0.05, 0.1) is 22.5 Å². The molecule has 2 aromatic rings. The normalized spacial score (nSPS) is 19.1. The summed E-state index contributed by atoms with van der Waals surface area (Å²) in [7, 11) is 0. The minimum Gasteiger partial charge on any atom is -0.352 e. The third-order valence-corrected chi connectivity index (χ3v) is 4.30. The number of rotatable bonds is 1. The predicted octanol–water partition coefficient (Wildman–Crippen LogP) is 3.76. The number of fused-ring (bicyclic) bond motifs is 2. The van der Waals surface area contributed by atoms with Crippen molar-refractivity contribution < 1.29 is 27.6 Å². The zero-order valence-electron chi connectivity index (χ0n) is 14.3. The Bertz CT molecular complexity index is 1090. The third-order valence-electron chi connectivity index (χ3n) is 4.30. The summed E-state index contributed by atoms with van der Waals surface area (Å²) < 4.78 is 39.9. The molecule has 28 heavy (non-hydrogen) atoms. The minimum absolute atomic E-state index is 0.0109. The van der Waals surface area contributed by atoms with E-state index in [0.717, 1.165) is 6.07 Å². The van der Waals surface area contributed by atoms with E-state index in [1.165, 1.54) is 19.1 Å². The van der Waals surface area contributed by atoms with Gasteiger partial charge in [0, 0.05) is 23.7 Å². The lowest BCUT2D eigenvalue weighted by Gasteiger charge is -2.11. The molecule has 0 fully saturated rings. The van der Waals surface area contributed by atoms with Gasteiger partial charge in [0.15, 0.2) is 0 Å². The number of oxime groups is 1. The van der Waals surface area contributed by atoms with Gasteiger partial charge >= 0.3 is 12.1 Å². The standard InChI is InChI=1S/C19H12F3N3O3/c1-9(26)28-25-16-10-5-2-3-8-13(10)23-17(16)14-11-6-4-7-12(19(20,21)22)15(11)24-18(14)27/h2-8,23H,1H3,(H,24,27)/b17-14-,25-16+. The van der Waals surface area contributed by atoms with Crippen LogP contribution in [-0.2, 0) is 20.6 Å². The van der Waals surface area contributed by atoms with Crippen molar-refractivity contribution in [2.24, 2.45) is 5.16 Å². The smallest absolute Gasteiger partial charge is 0.352 e. The van der Waals surface area contributed by atoms with Gasteiger partial charge < -0.3 is 15.5 Å². The van der Waals surface area contributed by atoms with Crippen LogP contribution in [-0.4, -0.2) is 17.6 Å². The monoisotopic (exact) mass is 387 g/mol. The largest absolute Gasteiger partial charge is 0.418 e. The zero-order valence-corrected chi connectivity index (χ0v) is 14.3. The molecule has 2 aromatic carbocycles. The Hall–Kier alpha value is -3.62. The molecule has 0 spiro atoms. The maximum Gasteiger partial charge on any atom is 0.418 e. The van der Waals surface area contributed by atoms with E-state index in [1.807, 2.05) is 0 Å². The Morgan fingerprint density at radius 2 is 1.75 bits per heavy atom. The fourth-order valence-corrected chi connectivity index (χ4v) is 3.19. The first-order valence-electron chi connectivity index (χ1n) is 8.16. The van der Waals surface area contributed by atoms with Crippen LogP contribution in [0, 0.1) is 0 Å². The van der Waals surface area contributed by atoms with Crippen LogP contribution in [0.15, 0.2) is 53.3 Å². The highest BCUT2D eigenvalue weighted by atomic mass is 19.4. The Balaban J connectivity index is 1.94. The summed E-state index contributed by atoms with van der Waals surface area (Å²) >= 11 is 0. The van der Waals surface area contributed by atoms with E-state index in [2.05, 4.69) is 15.8 Å². The van der Waals surface area contributed by atoms with Gasteiger partial charge in [-0.2, -0.15) is 13.2 Å². The lowest BCUT2D eigenvalue weighted by Crippen LogP contribution is -2.13. The van der Waals surface area contributed by atoms with Crippen molar-refractivity contribution >= 4 is 34.5 Å². The van der Waals surface area contributed by atoms with Gasteiger partial charge in [-0.15, -0.1) is 0 Å². The number of carbonyl (C=O) groups is 2. The predicted molar refractivity (Wildman–Crippen MR) is 95.4 cm³/mol. The average molecular weight is 387 g/mol. The molecule has 0 aromatic heterocycles. The van der Waals surface area contributed by atoms with Gasteiger partial charge in [-0.1, -0.05) is 35.5 Å². The molecule has 2 aliphatic heterocycles. The van der Waals surface area contributed by atoms with E-state index in [-0.39, 0.29) is 28.2 Å². The number of alkyl halides is 3. The van der Waals surface area contributed by atoms with Crippen molar-refractivity contribution in [2.75, 3.05) is 10.6 Å². The van der Waals surface area contributed by atoms with Crippen molar-refractivity contribution in [3.8, 4) is 0 Å². The van der Waals surface area contributed by atoms with E-state index < -0.39 is 23.6 Å². The minimum atomic E-state index is -4.63. The summed E-state index contributed by atoms with van der Waals surface area (Å²) in [6.07, 6.45) is -4.63. The molecule has 0 aliphatic carbocycles. The van der Waals surface area contributed by atoms with Crippen molar-refractivity contribution in [3.63, 3.8) is 0 Å². The third kappa shape index (κ3) is 2.81. The molecule has 1 amide bonds. The summed E-state index contributed by atoms with van der Waals surface area (Å²) in [4.78, 5) is 28.5. The van der Waals surface area contributed by atoms with Crippen LogP contribution in [0.3, 0.4) is 0 Å². The number of anilines is 2. The van der Waals surface area contributed by atoms with Crippen molar-refractivity contribution in [2.45, 2.75) is 13.1 Å². The van der Waals surface area contributed by atoms with E-state index >= 15 is 0 Å². The highest BCUT2D eigenvalue weighted by Gasteiger charge is 2.41. The number of para-hydroxylation sites is 2. The van der Waals surface area contributed by atoms with Gasteiger partial charge in [0.25, 0.3) is 5.91 Å². The van der Waals surface area contributed by atoms with E-state index in [9.17, 15) is 22.8 Å². The number of allylic oxidation sites excluding steroid dienone is 1. The van der Waals surface area contributed by atoms with Gasteiger partial charge in [0.1, 0.15) is 5.71 Å². The van der Waals surface area contributed by atoms with Crippen LogP contribution < -0.4 is 10.6 Å². The lowest BCUT2D eigenvalue weighted by molar-refractivity contribution is -0.141. The Kier molecular flexibility index (Phi) is 3.95. The molecule has 0 bridgehead atoms. The highest BCUT2D eigenvalue weighted by molar-refractivity contribution is 6.39. The first-order valence-corrected chi connectivity index (χ1v) is 8.16. The van der Waals surface area contributed by atoms with Crippen molar-refractivity contribution in [1.82, 2.24) is 0 Å². The Labute approximate surface area is 156 Å². The zero-order chi connectivity index (χ0) is 20.1. The molecule has 4 rings (SSSR count). The van der Waals surface area contributed by atoms with Gasteiger partial charge in [-0.05, 0) is 12.1 Å². The van der Waals surface area contributed by atoms with Gasteiger partial charge in [-0.3, -0.25) is 4.79 Å². The number of amides is 1. The van der Waals surface area contributed by atoms with Gasteiger partial charge in [0.2, 0.25) is 0 Å². The molecular formula is C19H12F3N3O3. The van der Waals surface area contributed by atoms with Crippen LogP contribution in [0.4, 0.5) is 24.5 Å². The first-order chi connectivity index (χ1) is 13.3. The molecule has 0 atom stereocenters. The molecule has 0 unspecified atom stereocenters. The van der Waals surface area contributed by atoms with E-state index in [4.69, 9.17) is 4.84 Å². The van der Waals surface area contributed by atoms with Crippen LogP contribution >= 0.6 is 0 Å². The maximum atomic E-state index is 13.3. The topological polar surface area (TPSA) is 79.8 Å². The summed E-state index contributed by atoms with van der Waals surface area (Å²) in [6, 6.07) is 10.4. The fourth-order valence-electron chi connectivity index (χ4n) is 3.19. The molecule has 9 heteroatoms. The Morgan fingerprint density at radius 3 is 2.46 bits per heavy atom. The number of nitrogens with one attached hydrogen (secondary N) is 2. The molecular weight excluding hydrogens is 375 g/mol. The summed E-state index contributed by atoms with van der Waals surface area (Å²) in [5, 5.41) is 9.10. The molecule has 2 aliphatic rings. The van der Waals surface area contributed by atoms with Crippen LogP contribution in [0.2, 0.25) is 0 Å². The van der Waals surface area contributed by atoms with Crippen LogP contribution in [0.25, 0.3) is 5.57 Å². The number of halogens is 3. The van der Waals surface area contributed by atoms with Crippen molar-refractivity contribution in [3.05, 3.63) is 64.9 Å². The molecule has 0 radical (unpaired) electrons. The number of hydrogen-bond donors (Lipinski definition) is 2. The average Bonchev–Trinajstić information content (AvgIpc) is 3.14.